The summed E-state index contributed by atoms with van der Waals surface area (Å²) >= 11 is 0. The lowest BCUT2D eigenvalue weighted by Gasteiger charge is -2.12. The van der Waals surface area contributed by atoms with E-state index in [-0.39, 0.29) is 5.25 Å². The van der Waals surface area contributed by atoms with Crippen LogP contribution in [0.4, 0.5) is 0 Å². The number of rotatable bonds is 6. The Hall–Kier alpha value is -0.0900. The van der Waals surface area contributed by atoms with E-state index in [9.17, 15) is 8.42 Å². The zero-order chi connectivity index (χ0) is 11.3. The van der Waals surface area contributed by atoms with Crippen molar-refractivity contribution in [2.45, 2.75) is 57.2 Å². The van der Waals surface area contributed by atoms with Gasteiger partial charge >= 0.3 is 0 Å². The molecule has 1 rings (SSSR count). The minimum absolute atomic E-state index is 0.0310. The number of nitrogens with one attached hydrogen (secondary N) is 1. The van der Waals surface area contributed by atoms with E-state index < -0.39 is 9.84 Å². The SMILES string of the molecule is CC(C)NCCCS(=O)(=O)C1CCCC1. The first-order valence-electron chi connectivity index (χ1n) is 5.97. The van der Waals surface area contributed by atoms with Crippen molar-refractivity contribution in [2.75, 3.05) is 12.3 Å². The average molecular weight is 233 g/mol. The Balaban J connectivity index is 2.24. The van der Waals surface area contributed by atoms with Crippen LogP contribution in [0, 0.1) is 0 Å². The fourth-order valence-corrected chi connectivity index (χ4v) is 4.01. The summed E-state index contributed by atoms with van der Waals surface area (Å²) in [6.45, 7) is 4.96. The highest BCUT2D eigenvalue weighted by atomic mass is 32.2. The molecule has 1 saturated carbocycles. The molecule has 0 aromatic carbocycles. The van der Waals surface area contributed by atoms with Crippen molar-refractivity contribution in [1.82, 2.24) is 5.32 Å². The zero-order valence-corrected chi connectivity index (χ0v) is 10.6. The van der Waals surface area contributed by atoms with Crippen molar-refractivity contribution in [1.29, 1.82) is 0 Å². The lowest BCUT2D eigenvalue weighted by Crippen LogP contribution is -2.27. The molecule has 0 bridgehead atoms. The summed E-state index contributed by atoms with van der Waals surface area (Å²) in [5, 5.41) is 3.21. The molecule has 4 heteroatoms. The van der Waals surface area contributed by atoms with E-state index in [4.69, 9.17) is 0 Å². The summed E-state index contributed by atoms with van der Waals surface area (Å²) in [5.74, 6) is 0.359. The fourth-order valence-electron chi connectivity index (χ4n) is 2.08. The van der Waals surface area contributed by atoms with Crippen LogP contribution in [0.2, 0.25) is 0 Å². The number of sulfone groups is 1. The molecule has 3 nitrogen and oxygen atoms in total. The van der Waals surface area contributed by atoms with E-state index >= 15 is 0 Å². The van der Waals surface area contributed by atoms with Crippen LogP contribution in [0.25, 0.3) is 0 Å². The third kappa shape index (κ3) is 4.51. The molecule has 0 aromatic rings. The molecule has 0 unspecified atom stereocenters. The molecule has 15 heavy (non-hydrogen) atoms. The molecule has 0 aliphatic heterocycles. The van der Waals surface area contributed by atoms with Gasteiger partial charge in [-0.15, -0.1) is 0 Å². The Kier molecular flexibility index (Phi) is 5.06. The molecule has 0 radical (unpaired) electrons. The van der Waals surface area contributed by atoms with Crippen LogP contribution in [0.1, 0.15) is 46.0 Å². The Labute approximate surface area is 93.6 Å². The molecular weight excluding hydrogens is 210 g/mol. The third-order valence-electron chi connectivity index (χ3n) is 2.97. The third-order valence-corrected chi connectivity index (χ3v) is 5.31. The number of hydrogen-bond donors (Lipinski definition) is 1. The normalized spacial score (nSPS) is 18.9. The van der Waals surface area contributed by atoms with Gasteiger partial charge in [-0.1, -0.05) is 26.7 Å². The largest absolute Gasteiger partial charge is 0.314 e. The van der Waals surface area contributed by atoms with Crippen LogP contribution < -0.4 is 5.32 Å². The highest BCUT2D eigenvalue weighted by Crippen LogP contribution is 2.25. The summed E-state index contributed by atoms with van der Waals surface area (Å²) in [6, 6.07) is 0.444. The van der Waals surface area contributed by atoms with E-state index in [2.05, 4.69) is 19.2 Å². The molecule has 0 aromatic heterocycles. The fraction of sp³-hybridized carbons (Fsp3) is 1.00. The Morgan fingerprint density at radius 3 is 2.40 bits per heavy atom. The highest BCUT2D eigenvalue weighted by molar-refractivity contribution is 7.92. The second-order valence-corrected chi connectivity index (χ2v) is 7.14. The molecule has 1 aliphatic rings. The first kappa shape index (κ1) is 13.0. The molecule has 1 fully saturated rings. The highest BCUT2D eigenvalue weighted by Gasteiger charge is 2.27. The maximum atomic E-state index is 11.8. The van der Waals surface area contributed by atoms with Crippen molar-refractivity contribution >= 4 is 9.84 Å². The van der Waals surface area contributed by atoms with Crippen LogP contribution in [0.5, 0.6) is 0 Å². The maximum Gasteiger partial charge on any atom is 0.153 e. The topological polar surface area (TPSA) is 46.2 Å². The van der Waals surface area contributed by atoms with Gasteiger partial charge in [0.2, 0.25) is 0 Å². The quantitative estimate of drug-likeness (QED) is 0.711. The van der Waals surface area contributed by atoms with E-state index in [1.54, 1.807) is 0 Å². The monoisotopic (exact) mass is 233 g/mol. The summed E-state index contributed by atoms with van der Waals surface area (Å²) in [7, 11) is -2.80. The van der Waals surface area contributed by atoms with Crippen molar-refractivity contribution in [3.8, 4) is 0 Å². The smallest absolute Gasteiger partial charge is 0.153 e. The predicted molar refractivity (Wildman–Crippen MR) is 63.8 cm³/mol. The molecule has 0 heterocycles. The minimum Gasteiger partial charge on any atom is -0.314 e. The number of hydrogen-bond acceptors (Lipinski definition) is 3. The zero-order valence-electron chi connectivity index (χ0n) is 9.83. The van der Waals surface area contributed by atoms with Crippen molar-refractivity contribution < 1.29 is 8.42 Å². The van der Waals surface area contributed by atoms with Gasteiger partial charge in [0.15, 0.2) is 9.84 Å². The van der Waals surface area contributed by atoms with Crippen molar-refractivity contribution in [3.63, 3.8) is 0 Å². The van der Waals surface area contributed by atoms with Crippen LogP contribution in [-0.2, 0) is 9.84 Å². The standard InChI is InChI=1S/C11H23NO2S/c1-10(2)12-8-5-9-15(13,14)11-6-3-4-7-11/h10-12H,3-9H2,1-2H3. The van der Waals surface area contributed by atoms with Gasteiger partial charge in [0.1, 0.15) is 0 Å². The van der Waals surface area contributed by atoms with Crippen LogP contribution in [0.15, 0.2) is 0 Å². The van der Waals surface area contributed by atoms with E-state index in [0.717, 1.165) is 38.6 Å². The molecule has 0 spiro atoms. The Morgan fingerprint density at radius 1 is 1.27 bits per heavy atom. The minimum atomic E-state index is -2.80. The molecule has 1 N–H and O–H groups in total. The van der Waals surface area contributed by atoms with Crippen molar-refractivity contribution in [3.05, 3.63) is 0 Å². The summed E-state index contributed by atoms with van der Waals surface area (Å²) in [4.78, 5) is 0. The van der Waals surface area contributed by atoms with Gasteiger partial charge in [0, 0.05) is 6.04 Å². The Morgan fingerprint density at radius 2 is 1.87 bits per heavy atom. The first-order valence-corrected chi connectivity index (χ1v) is 7.69. The van der Waals surface area contributed by atoms with E-state index in [0.29, 0.717) is 11.8 Å². The lowest BCUT2D eigenvalue weighted by atomic mass is 10.4. The molecule has 0 saturated heterocycles. The van der Waals surface area contributed by atoms with Gasteiger partial charge in [0.25, 0.3) is 0 Å². The average Bonchev–Trinajstić information content (AvgIpc) is 2.65. The summed E-state index contributed by atoms with van der Waals surface area (Å²) in [6.07, 6.45) is 4.71. The van der Waals surface area contributed by atoms with Gasteiger partial charge in [-0.25, -0.2) is 8.42 Å². The summed E-state index contributed by atoms with van der Waals surface area (Å²) < 4.78 is 23.7. The van der Waals surface area contributed by atoms with Crippen LogP contribution in [-0.4, -0.2) is 32.0 Å². The summed E-state index contributed by atoms with van der Waals surface area (Å²) in [5.41, 5.74) is 0. The molecule has 0 atom stereocenters. The van der Waals surface area contributed by atoms with Crippen LogP contribution in [0.3, 0.4) is 0 Å². The molecular formula is C11H23NO2S. The second kappa shape index (κ2) is 5.85. The van der Waals surface area contributed by atoms with E-state index in [1.807, 2.05) is 0 Å². The second-order valence-electron chi connectivity index (χ2n) is 4.74. The van der Waals surface area contributed by atoms with Gasteiger partial charge in [-0.3, -0.25) is 0 Å². The first-order chi connectivity index (χ1) is 7.02. The molecule has 90 valence electrons. The van der Waals surface area contributed by atoms with Gasteiger partial charge in [-0.05, 0) is 25.8 Å². The van der Waals surface area contributed by atoms with Crippen molar-refractivity contribution in [2.24, 2.45) is 0 Å². The molecule has 1 aliphatic carbocycles. The molecule has 0 amide bonds. The lowest BCUT2D eigenvalue weighted by molar-refractivity contribution is 0.560. The van der Waals surface area contributed by atoms with Gasteiger partial charge in [-0.2, -0.15) is 0 Å². The van der Waals surface area contributed by atoms with E-state index in [1.165, 1.54) is 0 Å². The maximum absolute atomic E-state index is 11.8. The van der Waals surface area contributed by atoms with Gasteiger partial charge in [0.05, 0.1) is 11.0 Å². The van der Waals surface area contributed by atoms with Crippen LogP contribution >= 0.6 is 0 Å². The van der Waals surface area contributed by atoms with Gasteiger partial charge < -0.3 is 5.32 Å². The Bertz CT molecular complexity index is 266. The predicted octanol–water partition coefficient (Wildman–Crippen LogP) is 1.73.